The summed E-state index contributed by atoms with van der Waals surface area (Å²) in [4.78, 5) is 8.13. The molecule has 1 aliphatic carbocycles. The molecule has 2 aromatic carbocycles. The monoisotopic (exact) mass is 384 g/mol. The summed E-state index contributed by atoms with van der Waals surface area (Å²) in [5, 5.41) is 0.854. The van der Waals surface area contributed by atoms with Crippen molar-refractivity contribution >= 4 is 23.4 Å². The van der Waals surface area contributed by atoms with E-state index in [0.717, 1.165) is 30.5 Å². The minimum absolute atomic E-state index is 0.433. The maximum absolute atomic E-state index is 6.40. The first-order valence-electron chi connectivity index (χ1n) is 9.78. The summed E-state index contributed by atoms with van der Waals surface area (Å²) in [5.41, 5.74) is 2.88. The quantitative estimate of drug-likeness (QED) is 0.725. The molecule has 136 valence electrons. The van der Waals surface area contributed by atoms with Gasteiger partial charge in [0.05, 0.1) is 0 Å². The lowest BCUT2D eigenvalue weighted by Crippen LogP contribution is -2.48. The van der Waals surface area contributed by atoms with Crippen LogP contribution in [0.25, 0.3) is 0 Å². The van der Waals surface area contributed by atoms with Crippen molar-refractivity contribution in [1.82, 2.24) is 9.80 Å². The third-order valence-corrected chi connectivity index (χ3v) is 7.44. The van der Waals surface area contributed by atoms with E-state index in [0.29, 0.717) is 6.04 Å². The Labute approximate surface area is 165 Å². The van der Waals surface area contributed by atoms with Gasteiger partial charge in [-0.2, -0.15) is 0 Å². The van der Waals surface area contributed by atoms with E-state index < -0.39 is 0 Å². The fraction of sp³-hybridized carbons (Fsp3) is 0.455. The van der Waals surface area contributed by atoms with Gasteiger partial charge in [0.1, 0.15) is 0 Å². The number of fused-ring (bicyclic) bond motifs is 2. The number of rotatable bonds is 3. The Kier molecular flexibility index (Phi) is 4.74. The lowest BCUT2D eigenvalue weighted by atomic mass is 9.96. The Balaban J connectivity index is 1.42. The predicted octanol–water partition coefficient (Wildman–Crippen LogP) is 5.12. The molecule has 2 nitrogen and oxygen atoms in total. The van der Waals surface area contributed by atoms with Gasteiger partial charge in [0.15, 0.2) is 0 Å². The molecular weight excluding hydrogens is 360 g/mol. The van der Waals surface area contributed by atoms with Gasteiger partial charge in [0, 0.05) is 53.6 Å². The van der Waals surface area contributed by atoms with Gasteiger partial charge >= 0.3 is 0 Å². The number of hydrogen-bond acceptors (Lipinski definition) is 3. The molecule has 1 saturated carbocycles. The second kappa shape index (κ2) is 7.20. The Morgan fingerprint density at radius 1 is 0.962 bits per heavy atom. The molecule has 4 heteroatoms. The standard InChI is InChI=1S/C22H25ClN2S/c23-18-7-8-22-19(14-18)20(13-17-3-1-2-4-21(17)26-22)25-11-9-24(10-12-25)15-16-5-6-16/h1-4,7-8,14,16,20H,5-6,9-13,15H2. The van der Waals surface area contributed by atoms with Gasteiger partial charge in [-0.05, 0) is 60.6 Å². The Morgan fingerprint density at radius 3 is 2.58 bits per heavy atom. The van der Waals surface area contributed by atoms with Crippen molar-refractivity contribution in [3.05, 3.63) is 58.6 Å². The molecule has 1 atom stereocenters. The lowest BCUT2D eigenvalue weighted by Gasteiger charge is -2.39. The maximum atomic E-state index is 6.40. The van der Waals surface area contributed by atoms with Crippen LogP contribution in [-0.4, -0.2) is 42.5 Å². The zero-order valence-corrected chi connectivity index (χ0v) is 16.6. The average molecular weight is 385 g/mol. The molecule has 0 amide bonds. The van der Waals surface area contributed by atoms with E-state index in [9.17, 15) is 0 Å². The van der Waals surface area contributed by atoms with E-state index >= 15 is 0 Å². The molecule has 0 radical (unpaired) electrons. The van der Waals surface area contributed by atoms with E-state index in [-0.39, 0.29) is 0 Å². The highest BCUT2D eigenvalue weighted by Gasteiger charge is 2.31. The molecule has 1 unspecified atom stereocenters. The summed E-state index contributed by atoms with van der Waals surface area (Å²) in [6.07, 6.45) is 3.98. The van der Waals surface area contributed by atoms with E-state index in [2.05, 4.69) is 46.2 Å². The van der Waals surface area contributed by atoms with Gasteiger partial charge < -0.3 is 4.90 Å². The molecule has 0 aromatic heterocycles. The first-order chi connectivity index (χ1) is 12.8. The summed E-state index contributed by atoms with van der Waals surface area (Å²) < 4.78 is 0. The summed E-state index contributed by atoms with van der Waals surface area (Å²) in [6, 6.07) is 15.8. The average Bonchev–Trinajstić information content (AvgIpc) is 3.48. The van der Waals surface area contributed by atoms with Crippen LogP contribution in [-0.2, 0) is 6.42 Å². The van der Waals surface area contributed by atoms with E-state index in [4.69, 9.17) is 11.6 Å². The smallest absolute Gasteiger partial charge is 0.0410 e. The van der Waals surface area contributed by atoms with Crippen LogP contribution in [0.3, 0.4) is 0 Å². The number of hydrogen-bond donors (Lipinski definition) is 0. The van der Waals surface area contributed by atoms with Crippen molar-refractivity contribution in [1.29, 1.82) is 0 Å². The summed E-state index contributed by atoms with van der Waals surface area (Å²) in [6.45, 7) is 6.06. The Bertz CT molecular complexity index is 796. The van der Waals surface area contributed by atoms with Crippen LogP contribution < -0.4 is 0 Å². The number of benzene rings is 2. The molecule has 2 aliphatic heterocycles. The highest BCUT2D eigenvalue weighted by atomic mass is 35.5. The van der Waals surface area contributed by atoms with Crippen molar-refractivity contribution in [2.24, 2.45) is 5.92 Å². The molecule has 0 N–H and O–H groups in total. The molecule has 1 saturated heterocycles. The third-order valence-electron chi connectivity index (χ3n) is 6.00. The van der Waals surface area contributed by atoms with Crippen LogP contribution in [0.2, 0.25) is 5.02 Å². The van der Waals surface area contributed by atoms with Gasteiger partial charge in [-0.1, -0.05) is 41.6 Å². The Morgan fingerprint density at radius 2 is 1.77 bits per heavy atom. The minimum Gasteiger partial charge on any atom is -0.301 e. The molecule has 0 spiro atoms. The highest BCUT2D eigenvalue weighted by Crippen LogP contribution is 2.43. The molecule has 26 heavy (non-hydrogen) atoms. The summed E-state index contributed by atoms with van der Waals surface area (Å²) >= 11 is 8.30. The largest absolute Gasteiger partial charge is 0.301 e. The highest BCUT2D eigenvalue weighted by molar-refractivity contribution is 7.99. The normalized spacial score (nSPS) is 24.0. The molecule has 5 rings (SSSR count). The Hall–Kier alpha value is -1.00. The molecule has 0 bridgehead atoms. The van der Waals surface area contributed by atoms with Crippen LogP contribution in [0.5, 0.6) is 0 Å². The van der Waals surface area contributed by atoms with Crippen molar-refractivity contribution in [2.75, 3.05) is 32.7 Å². The van der Waals surface area contributed by atoms with Gasteiger partial charge in [0.25, 0.3) is 0 Å². The van der Waals surface area contributed by atoms with Crippen LogP contribution >= 0.6 is 23.4 Å². The van der Waals surface area contributed by atoms with Crippen molar-refractivity contribution < 1.29 is 0 Å². The maximum Gasteiger partial charge on any atom is 0.0410 e. The number of piperazine rings is 1. The fourth-order valence-corrected chi connectivity index (χ4v) is 5.63. The van der Waals surface area contributed by atoms with Crippen molar-refractivity contribution in [3.63, 3.8) is 0 Å². The van der Waals surface area contributed by atoms with E-state index in [1.165, 1.54) is 53.4 Å². The van der Waals surface area contributed by atoms with Gasteiger partial charge in [-0.15, -0.1) is 0 Å². The van der Waals surface area contributed by atoms with Gasteiger partial charge in [-0.25, -0.2) is 0 Å². The van der Waals surface area contributed by atoms with Crippen LogP contribution in [0.1, 0.15) is 30.0 Å². The molecule has 3 aliphatic rings. The summed E-state index contributed by atoms with van der Waals surface area (Å²) in [7, 11) is 0. The van der Waals surface area contributed by atoms with Crippen LogP contribution in [0.15, 0.2) is 52.3 Å². The SMILES string of the molecule is Clc1ccc2c(c1)C(N1CCN(CC3CC3)CC1)Cc1ccccc1S2. The number of nitrogens with zero attached hydrogens (tertiary/aromatic N) is 2. The fourth-order valence-electron chi connectivity index (χ4n) is 4.33. The van der Waals surface area contributed by atoms with Crippen LogP contribution in [0.4, 0.5) is 0 Å². The van der Waals surface area contributed by atoms with Crippen LogP contribution in [0, 0.1) is 5.92 Å². The second-order valence-corrected chi connectivity index (χ2v) is 9.41. The summed E-state index contributed by atoms with van der Waals surface area (Å²) in [5.74, 6) is 0.988. The predicted molar refractivity (Wildman–Crippen MR) is 109 cm³/mol. The van der Waals surface area contributed by atoms with Gasteiger partial charge in [-0.3, -0.25) is 4.90 Å². The zero-order chi connectivity index (χ0) is 17.5. The van der Waals surface area contributed by atoms with Crippen molar-refractivity contribution in [2.45, 2.75) is 35.1 Å². The third kappa shape index (κ3) is 3.55. The number of halogens is 1. The minimum atomic E-state index is 0.433. The molecule has 2 heterocycles. The van der Waals surface area contributed by atoms with E-state index in [1.807, 2.05) is 17.8 Å². The molecule has 2 fully saturated rings. The van der Waals surface area contributed by atoms with Gasteiger partial charge in [0.2, 0.25) is 0 Å². The topological polar surface area (TPSA) is 6.48 Å². The van der Waals surface area contributed by atoms with Crippen molar-refractivity contribution in [3.8, 4) is 0 Å². The first kappa shape index (κ1) is 17.1. The second-order valence-electron chi connectivity index (χ2n) is 7.89. The van der Waals surface area contributed by atoms with E-state index in [1.54, 1.807) is 0 Å². The molecular formula is C22H25ClN2S. The zero-order valence-electron chi connectivity index (χ0n) is 15.0. The molecule has 2 aromatic rings. The lowest BCUT2D eigenvalue weighted by molar-refractivity contribution is 0.0916. The first-order valence-corrected chi connectivity index (χ1v) is 11.0.